The van der Waals surface area contributed by atoms with Crippen LogP contribution in [0.5, 0.6) is 0 Å². The summed E-state index contributed by atoms with van der Waals surface area (Å²) in [7, 11) is 4.16. The van der Waals surface area contributed by atoms with E-state index in [2.05, 4.69) is 30.5 Å². The van der Waals surface area contributed by atoms with E-state index in [-0.39, 0.29) is 5.97 Å². The van der Waals surface area contributed by atoms with Gasteiger partial charge in [0, 0.05) is 24.7 Å². The number of carbonyl (C=O) groups is 1. The van der Waals surface area contributed by atoms with Crippen molar-refractivity contribution in [3.8, 4) is 0 Å². The monoisotopic (exact) mass is 240 g/mol. The Kier molecular flexibility index (Phi) is 5.65. The van der Waals surface area contributed by atoms with Crippen LogP contribution >= 0.6 is 0 Å². The summed E-state index contributed by atoms with van der Waals surface area (Å²) >= 11 is 0. The fourth-order valence-corrected chi connectivity index (χ4v) is 2.27. The van der Waals surface area contributed by atoms with Crippen LogP contribution in [0.25, 0.3) is 0 Å². The fraction of sp³-hybridized carbons (Fsp3) is 0.769. The highest BCUT2D eigenvalue weighted by Crippen LogP contribution is 2.18. The van der Waals surface area contributed by atoms with Gasteiger partial charge in [-0.3, -0.25) is 4.90 Å². The van der Waals surface area contributed by atoms with Crippen LogP contribution in [-0.2, 0) is 9.53 Å². The Morgan fingerprint density at radius 3 is 2.82 bits per heavy atom. The molecule has 0 aromatic heterocycles. The molecule has 1 heterocycles. The summed E-state index contributed by atoms with van der Waals surface area (Å²) in [5, 5.41) is 0. The van der Waals surface area contributed by atoms with Gasteiger partial charge in [0.1, 0.15) is 0 Å². The lowest BCUT2D eigenvalue weighted by Gasteiger charge is -2.27. The number of nitrogens with zero attached hydrogens (tertiary/aromatic N) is 2. The molecule has 0 radical (unpaired) electrons. The highest BCUT2D eigenvalue weighted by molar-refractivity contribution is 5.88. The van der Waals surface area contributed by atoms with Crippen molar-refractivity contribution >= 4 is 5.97 Å². The number of rotatable bonds is 6. The Labute approximate surface area is 104 Å². The molecule has 0 amide bonds. The van der Waals surface area contributed by atoms with Crippen LogP contribution < -0.4 is 0 Å². The van der Waals surface area contributed by atoms with Gasteiger partial charge in [0.25, 0.3) is 0 Å². The van der Waals surface area contributed by atoms with E-state index in [9.17, 15) is 4.79 Å². The van der Waals surface area contributed by atoms with Crippen molar-refractivity contribution in [1.29, 1.82) is 0 Å². The van der Waals surface area contributed by atoms with Gasteiger partial charge in [-0.2, -0.15) is 0 Å². The predicted octanol–water partition coefficient (Wildman–Crippen LogP) is 1.13. The van der Waals surface area contributed by atoms with Gasteiger partial charge in [0.05, 0.1) is 6.61 Å². The minimum atomic E-state index is -0.261. The van der Waals surface area contributed by atoms with E-state index in [0.717, 1.165) is 13.1 Å². The smallest absolute Gasteiger partial charge is 0.334 e. The van der Waals surface area contributed by atoms with Crippen LogP contribution in [0.1, 0.15) is 19.8 Å². The number of hydrogen-bond donors (Lipinski definition) is 0. The molecule has 0 aromatic rings. The molecular weight excluding hydrogens is 216 g/mol. The third-order valence-electron chi connectivity index (χ3n) is 3.03. The number of carbonyl (C=O) groups excluding carboxylic acids is 1. The van der Waals surface area contributed by atoms with E-state index in [0.29, 0.717) is 24.8 Å². The van der Waals surface area contributed by atoms with Crippen molar-refractivity contribution in [3.05, 3.63) is 12.2 Å². The van der Waals surface area contributed by atoms with Gasteiger partial charge < -0.3 is 9.64 Å². The first-order valence-electron chi connectivity index (χ1n) is 6.28. The molecule has 17 heavy (non-hydrogen) atoms. The van der Waals surface area contributed by atoms with Crippen LogP contribution in [0, 0.1) is 0 Å². The Hall–Kier alpha value is -0.870. The summed E-state index contributed by atoms with van der Waals surface area (Å²) < 4.78 is 4.95. The normalized spacial score (nSPS) is 20.8. The molecule has 0 spiro atoms. The summed E-state index contributed by atoms with van der Waals surface area (Å²) in [4.78, 5) is 16.0. The first kappa shape index (κ1) is 14.2. The zero-order valence-corrected chi connectivity index (χ0v) is 11.2. The average molecular weight is 240 g/mol. The van der Waals surface area contributed by atoms with Crippen molar-refractivity contribution in [2.24, 2.45) is 0 Å². The Balaban J connectivity index is 2.44. The molecule has 0 saturated carbocycles. The molecule has 4 heteroatoms. The van der Waals surface area contributed by atoms with E-state index >= 15 is 0 Å². The van der Waals surface area contributed by atoms with Gasteiger partial charge in [-0.05, 0) is 40.4 Å². The van der Waals surface area contributed by atoms with E-state index in [4.69, 9.17) is 4.74 Å². The molecular formula is C13H24N2O2. The molecule has 1 aliphatic rings. The van der Waals surface area contributed by atoms with Crippen LogP contribution in [0.3, 0.4) is 0 Å². The molecule has 0 N–H and O–H groups in total. The molecule has 1 saturated heterocycles. The van der Waals surface area contributed by atoms with Crippen molar-refractivity contribution in [3.63, 3.8) is 0 Å². The summed E-state index contributed by atoms with van der Waals surface area (Å²) in [6.07, 6.45) is 2.41. The molecule has 0 aromatic carbocycles. The maximum absolute atomic E-state index is 11.5. The van der Waals surface area contributed by atoms with Gasteiger partial charge in [-0.25, -0.2) is 4.79 Å². The SMILES string of the molecule is C=C(CN1CCCC1CN(C)C)C(=O)OCC. The molecule has 0 aliphatic carbocycles. The third kappa shape index (κ3) is 4.48. The van der Waals surface area contributed by atoms with Gasteiger partial charge >= 0.3 is 5.97 Å². The number of hydrogen-bond acceptors (Lipinski definition) is 4. The molecule has 98 valence electrons. The van der Waals surface area contributed by atoms with Crippen molar-refractivity contribution in [1.82, 2.24) is 9.80 Å². The first-order valence-corrected chi connectivity index (χ1v) is 6.28. The van der Waals surface area contributed by atoms with Gasteiger partial charge in [0.15, 0.2) is 0 Å². The minimum Gasteiger partial charge on any atom is -0.463 e. The molecule has 1 rings (SSSR count). The largest absolute Gasteiger partial charge is 0.463 e. The van der Waals surface area contributed by atoms with Crippen molar-refractivity contribution < 1.29 is 9.53 Å². The number of esters is 1. The first-order chi connectivity index (χ1) is 8.04. The topological polar surface area (TPSA) is 32.8 Å². The summed E-state index contributed by atoms with van der Waals surface area (Å²) in [5.41, 5.74) is 0.567. The second-order valence-corrected chi connectivity index (χ2v) is 4.85. The highest BCUT2D eigenvalue weighted by atomic mass is 16.5. The Bertz CT molecular complexity index is 277. The van der Waals surface area contributed by atoms with Crippen LogP contribution in [0.15, 0.2) is 12.2 Å². The molecule has 1 unspecified atom stereocenters. The number of likely N-dealkylation sites (N-methyl/N-ethyl adjacent to an activating group) is 1. The average Bonchev–Trinajstić information content (AvgIpc) is 2.65. The van der Waals surface area contributed by atoms with E-state index in [1.54, 1.807) is 0 Å². The molecule has 1 fully saturated rings. The maximum atomic E-state index is 11.5. The lowest BCUT2D eigenvalue weighted by atomic mass is 10.2. The maximum Gasteiger partial charge on any atom is 0.334 e. The van der Waals surface area contributed by atoms with Crippen LogP contribution in [-0.4, -0.2) is 62.1 Å². The molecule has 1 atom stereocenters. The lowest BCUT2D eigenvalue weighted by Crippen LogP contribution is -2.39. The zero-order valence-electron chi connectivity index (χ0n) is 11.2. The predicted molar refractivity (Wildman–Crippen MR) is 68.9 cm³/mol. The number of likely N-dealkylation sites (tertiary alicyclic amines) is 1. The second kappa shape index (κ2) is 6.77. The standard InChI is InChI=1S/C13H24N2O2/c1-5-17-13(16)11(2)9-15-8-6-7-12(15)10-14(3)4/h12H,2,5-10H2,1,3-4H3. The van der Waals surface area contributed by atoms with Crippen molar-refractivity contribution in [2.45, 2.75) is 25.8 Å². The summed E-state index contributed by atoms with van der Waals surface area (Å²) in [5.74, 6) is -0.261. The Morgan fingerprint density at radius 2 is 2.24 bits per heavy atom. The van der Waals surface area contributed by atoms with Gasteiger partial charge in [-0.15, -0.1) is 0 Å². The highest BCUT2D eigenvalue weighted by Gasteiger charge is 2.26. The van der Waals surface area contributed by atoms with E-state index in [1.165, 1.54) is 12.8 Å². The van der Waals surface area contributed by atoms with E-state index in [1.807, 2.05) is 6.92 Å². The van der Waals surface area contributed by atoms with Crippen LogP contribution in [0.2, 0.25) is 0 Å². The molecule has 0 bridgehead atoms. The third-order valence-corrected chi connectivity index (χ3v) is 3.03. The van der Waals surface area contributed by atoms with Gasteiger partial charge in [0.2, 0.25) is 0 Å². The summed E-state index contributed by atoms with van der Waals surface area (Å²) in [6.45, 7) is 8.78. The van der Waals surface area contributed by atoms with Gasteiger partial charge in [-0.1, -0.05) is 6.58 Å². The second-order valence-electron chi connectivity index (χ2n) is 4.85. The molecule has 1 aliphatic heterocycles. The quantitative estimate of drug-likeness (QED) is 0.515. The van der Waals surface area contributed by atoms with Crippen LogP contribution in [0.4, 0.5) is 0 Å². The fourth-order valence-electron chi connectivity index (χ4n) is 2.27. The summed E-state index contributed by atoms with van der Waals surface area (Å²) in [6, 6.07) is 0.538. The molecule has 4 nitrogen and oxygen atoms in total. The zero-order chi connectivity index (χ0) is 12.8. The van der Waals surface area contributed by atoms with E-state index < -0.39 is 0 Å². The Morgan fingerprint density at radius 1 is 1.53 bits per heavy atom. The minimum absolute atomic E-state index is 0.261. The lowest BCUT2D eigenvalue weighted by molar-refractivity contribution is -0.138. The van der Waals surface area contributed by atoms with Crippen molar-refractivity contribution in [2.75, 3.05) is 40.3 Å². The number of ether oxygens (including phenoxy) is 1.